The Labute approximate surface area is 80.6 Å². The number of rotatable bonds is 3. The summed E-state index contributed by atoms with van der Waals surface area (Å²) < 4.78 is 0. The van der Waals surface area contributed by atoms with Gasteiger partial charge in [0, 0.05) is 0 Å². The Bertz CT molecular complexity index is 319. The number of aryl methyl sites for hydroxylation is 2. The first-order valence-corrected chi connectivity index (χ1v) is 4.57. The van der Waals surface area contributed by atoms with Gasteiger partial charge in [0.25, 0.3) is 0 Å². The lowest BCUT2D eigenvalue weighted by Gasteiger charge is -2.03. The van der Waals surface area contributed by atoms with Gasteiger partial charge in [0.2, 0.25) is 0 Å². The molecule has 0 fully saturated rings. The molecule has 0 radical (unpaired) electrons. The second-order valence-corrected chi connectivity index (χ2v) is 3.30. The highest BCUT2D eigenvalue weighted by Crippen LogP contribution is 2.11. The summed E-state index contributed by atoms with van der Waals surface area (Å²) in [4.78, 5) is 0. The van der Waals surface area contributed by atoms with E-state index in [1.54, 1.807) is 0 Å². The molecule has 0 aliphatic heterocycles. The molecule has 1 aromatic carbocycles. The Kier molecular flexibility index (Phi) is 3.51. The van der Waals surface area contributed by atoms with Gasteiger partial charge in [-0.15, -0.1) is 0 Å². The molecule has 1 aromatic rings. The maximum Gasteiger partial charge on any atom is -0.00917 e. The molecule has 0 amide bonds. The molecule has 0 aromatic heterocycles. The van der Waals surface area contributed by atoms with E-state index in [1.165, 1.54) is 16.7 Å². The van der Waals surface area contributed by atoms with E-state index >= 15 is 0 Å². The van der Waals surface area contributed by atoms with Crippen LogP contribution in [-0.4, -0.2) is 0 Å². The average molecular weight is 172 g/mol. The fourth-order valence-corrected chi connectivity index (χ4v) is 1.37. The predicted molar refractivity (Wildman–Crippen MR) is 59.0 cm³/mol. The quantitative estimate of drug-likeness (QED) is 0.611. The Morgan fingerprint density at radius 3 is 2.69 bits per heavy atom. The van der Waals surface area contributed by atoms with Crippen LogP contribution in [0.2, 0.25) is 0 Å². The van der Waals surface area contributed by atoms with Crippen LogP contribution in [0.1, 0.15) is 16.7 Å². The van der Waals surface area contributed by atoms with Crippen molar-refractivity contribution >= 4 is 0 Å². The van der Waals surface area contributed by atoms with E-state index in [-0.39, 0.29) is 0 Å². The largest absolute Gasteiger partial charge is 0.0991 e. The number of benzene rings is 1. The van der Waals surface area contributed by atoms with Crippen LogP contribution < -0.4 is 0 Å². The third-order valence-electron chi connectivity index (χ3n) is 2.11. The lowest BCUT2D eigenvalue weighted by Crippen LogP contribution is -1.87. The van der Waals surface area contributed by atoms with Crippen molar-refractivity contribution in [1.82, 2.24) is 0 Å². The van der Waals surface area contributed by atoms with E-state index in [0.29, 0.717) is 0 Å². The highest BCUT2D eigenvalue weighted by Gasteiger charge is 1.94. The Morgan fingerprint density at radius 2 is 2.08 bits per heavy atom. The third kappa shape index (κ3) is 2.90. The van der Waals surface area contributed by atoms with Gasteiger partial charge in [-0.2, -0.15) is 0 Å². The minimum absolute atomic E-state index is 0.998. The first-order valence-electron chi connectivity index (χ1n) is 4.57. The van der Waals surface area contributed by atoms with Crippen molar-refractivity contribution in [2.45, 2.75) is 20.3 Å². The summed E-state index contributed by atoms with van der Waals surface area (Å²) in [6.07, 6.45) is 6.92. The standard InChI is InChI=1S/C13H16/c1-4-5-6-7-13-9-8-11(2)10-12(13)3/h4-6,8-10H,1,7H2,2-3H3. The summed E-state index contributed by atoms with van der Waals surface area (Å²) in [7, 11) is 0. The fourth-order valence-electron chi connectivity index (χ4n) is 1.37. The molecule has 0 aliphatic carbocycles. The van der Waals surface area contributed by atoms with Crippen LogP contribution in [0, 0.1) is 13.8 Å². The molecule has 13 heavy (non-hydrogen) atoms. The summed E-state index contributed by atoms with van der Waals surface area (Å²) in [6, 6.07) is 6.57. The smallest absolute Gasteiger partial charge is 0.00917 e. The molecule has 0 bridgehead atoms. The molecular formula is C13H16. The fraction of sp³-hybridized carbons (Fsp3) is 0.231. The molecular weight excluding hydrogens is 156 g/mol. The van der Waals surface area contributed by atoms with E-state index in [1.807, 2.05) is 12.2 Å². The Hall–Kier alpha value is -1.30. The summed E-state index contributed by atoms with van der Waals surface area (Å²) >= 11 is 0. The zero-order chi connectivity index (χ0) is 9.68. The molecule has 68 valence electrons. The lowest BCUT2D eigenvalue weighted by atomic mass is 10.0. The van der Waals surface area contributed by atoms with Crippen LogP contribution in [0.25, 0.3) is 0 Å². The highest BCUT2D eigenvalue weighted by atomic mass is 14.0. The first kappa shape index (κ1) is 9.79. The van der Waals surface area contributed by atoms with Gasteiger partial charge >= 0.3 is 0 Å². The molecule has 0 spiro atoms. The molecule has 0 saturated heterocycles. The van der Waals surface area contributed by atoms with Gasteiger partial charge in [0.15, 0.2) is 0 Å². The predicted octanol–water partition coefficient (Wildman–Crippen LogP) is 3.59. The Morgan fingerprint density at radius 1 is 1.31 bits per heavy atom. The summed E-state index contributed by atoms with van der Waals surface area (Å²) in [6.45, 7) is 7.92. The van der Waals surface area contributed by atoms with Crippen molar-refractivity contribution in [3.8, 4) is 0 Å². The zero-order valence-corrected chi connectivity index (χ0v) is 8.38. The minimum Gasteiger partial charge on any atom is -0.0991 e. The third-order valence-corrected chi connectivity index (χ3v) is 2.11. The van der Waals surface area contributed by atoms with E-state index in [2.05, 4.69) is 44.7 Å². The molecule has 1 rings (SSSR count). The SMILES string of the molecule is C=CC=CCc1ccc(C)cc1C. The van der Waals surface area contributed by atoms with Crippen LogP contribution >= 0.6 is 0 Å². The molecule has 0 heterocycles. The molecule has 0 unspecified atom stereocenters. The molecule has 0 nitrogen and oxygen atoms in total. The zero-order valence-electron chi connectivity index (χ0n) is 8.38. The molecule has 0 N–H and O–H groups in total. The van der Waals surface area contributed by atoms with Crippen molar-refractivity contribution in [3.05, 3.63) is 59.7 Å². The van der Waals surface area contributed by atoms with Gasteiger partial charge in [-0.05, 0) is 31.4 Å². The van der Waals surface area contributed by atoms with Crippen molar-refractivity contribution in [3.63, 3.8) is 0 Å². The molecule has 0 atom stereocenters. The second-order valence-electron chi connectivity index (χ2n) is 3.30. The number of hydrogen-bond donors (Lipinski definition) is 0. The van der Waals surface area contributed by atoms with Gasteiger partial charge in [-0.1, -0.05) is 48.6 Å². The van der Waals surface area contributed by atoms with Crippen molar-refractivity contribution < 1.29 is 0 Å². The van der Waals surface area contributed by atoms with Crippen LogP contribution in [0.5, 0.6) is 0 Å². The van der Waals surface area contributed by atoms with Crippen molar-refractivity contribution in [2.75, 3.05) is 0 Å². The van der Waals surface area contributed by atoms with Gasteiger partial charge < -0.3 is 0 Å². The van der Waals surface area contributed by atoms with Crippen LogP contribution in [0.15, 0.2) is 43.0 Å². The van der Waals surface area contributed by atoms with Gasteiger partial charge in [0.05, 0.1) is 0 Å². The summed E-state index contributed by atoms with van der Waals surface area (Å²) in [5.41, 5.74) is 4.09. The van der Waals surface area contributed by atoms with Crippen LogP contribution in [0.3, 0.4) is 0 Å². The first-order chi connectivity index (χ1) is 6.24. The molecule has 0 saturated carbocycles. The minimum atomic E-state index is 0.998. The maximum atomic E-state index is 3.64. The number of allylic oxidation sites excluding steroid dienone is 3. The lowest BCUT2D eigenvalue weighted by molar-refractivity contribution is 1.20. The van der Waals surface area contributed by atoms with Crippen molar-refractivity contribution in [2.24, 2.45) is 0 Å². The van der Waals surface area contributed by atoms with E-state index in [9.17, 15) is 0 Å². The van der Waals surface area contributed by atoms with E-state index in [0.717, 1.165) is 6.42 Å². The summed E-state index contributed by atoms with van der Waals surface area (Å²) in [5, 5.41) is 0. The summed E-state index contributed by atoms with van der Waals surface area (Å²) in [5.74, 6) is 0. The molecule has 0 heteroatoms. The van der Waals surface area contributed by atoms with Crippen LogP contribution in [0.4, 0.5) is 0 Å². The Balaban J connectivity index is 2.77. The van der Waals surface area contributed by atoms with E-state index < -0.39 is 0 Å². The highest BCUT2D eigenvalue weighted by molar-refractivity contribution is 5.31. The monoisotopic (exact) mass is 172 g/mol. The van der Waals surface area contributed by atoms with E-state index in [4.69, 9.17) is 0 Å². The topological polar surface area (TPSA) is 0 Å². The van der Waals surface area contributed by atoms with Gasteiger partial charge in [0.1, 0.15) is 0 Å². The second kappa shape index (κ2) is 4.66. The van der Waals surface area contributed by atoms with Crippen LogP contribution in [-0.2, 0) is 6.42 Å². The normalized spacial score (nSPS) is 10.6. The number of hydrogen-bond acceptors (Lipinski definition) is 0. The van der Waals surface area contributed by atoms with Gasteiger partial charge in [-0.25, -0.2) is 0 Å². The average Bonchev–Trinajstić information content (AvgIpc) is 2.09. The molecule has 0 aliphatic rings. The van der Waals surface area contributed by atoms with Gasteiger partial charge in [-0.3, -0.25) is 0 Å². The maximum absolute atomic E-state index is 3.64. The van der Waals surface area contributed by atoms with Crippen molar-refractivity contribution in [1.29, 1.82) is 0 Å².